The summed E-state index contributed by atoms with van der Waals surface area (Å²) in [5, 5.41) is 13.6. The lowest BCUT2D eigenvalue weighted by Gasteiger charge is -2.10. The first-order valence-electron chi connectivity index (χ1n) is 6.85. The number of aromatic carboxylic acids is 1. The Balaban J connectivity index is 2.13. The van der Waals surface area contributed by atoms with Crippen LogP contribution in [0.1, 0.15) is 47.7 Å². The van der Waals surface area contributed by atoms with Gasteiger partial charge in [0, 0.05) is 5.56 Å². The Kier molecular flexibility index (Phi) is 3.18. The van der Waals surface area contributed by atoms with E-state index in [0.29, 0.717) is 11.4 Å². The van der Waals surface area contributed by atoms with E-state index in [4.69, 9.17) is 5.73 Å². The quantitative estimate of drug-likeness (QED) is 0.899. The maximum atomic E-state index is 11.4. The number of hydrogen-bond donors (Lipinski definition) is 2. The molecule has 1 saturated carbocycles. The number of carboxylic acids is 1. The summed E-state index contributed by atoms with van der Waals surface area (Å²) in [5.74, 6) is -0.327. The molecule has 104 valence electrons. The highest BCUT2D eigenvalue weighted by Gasteiger charge is 2.29. The van der Waals surface area contributed by atoms with Gasteiger partial charge in [-0.3, -0.25) is 0 Å². The Labute approximate surface area is 117 Å². The van der Waals surface area contributed by atoms with Gasteiger partial charge in [-0.15, -0.1) is 0 Å². The number of para-hydroxylation sites is 1. The van der Waals surface area contributed by atoms with Crippen LogP contribution in [0.5, 0.6) is 0 Å². The van der Waals surface area contributed by atoms with Gasteiger partial charge in [-0.1, -0.05) is 31.0 Å². The van der Waals surface area contributed by atoms with Crippen LogP contribution in [0, 0.1) is 0 Å². The average Bonchev–Trinajstić information content (AvgIpc) is 3.06. The van der Waals surface area contributed by atoms with Gasteiger partial charge in [0.05, 0.1) is 5.69 Å². The molecule has 1 aromatic carbocycles. The van der Waals surface area contributed by atoms with E-state index in [1.165, 1.54) is 4.68 Å². The van der Waals surface area contributed by atoms with Gasteiger partial charge in [0.2, 0.25) is 0 Å². The molecule has 0 saturated heterocycles. The first kappa shape index (κ1) is 12.7. The summed E-state index contributed by atoms with van der Waals surface area (Å²) in [4.78, 5) is 11.4. The van der Waals surface area contributed by atoms with Gasteiger partial charge < -0.3 is 10.8 Å². The molecular weight excluding hydrogens is 254 g/mol. The van der Waals surface area contributed by atoms with E-state index in [-0.39, 0.29) is 11.6 Å². The molecule has 1 aliphatic carbocycles. The molecule has 0 bridgehead atoms. The number of nitrogen functional groups attached to an aromatic ring is 1. The van der Waals surface area contributed by atoms with Crippen molar-refractivity contribution in [3.8, 4) is 5.69 Å². The predicted molar refractivity (Wildman–Crippen MR) is 76.1 cm³/mol. The summed E-state index contributed by atoms with van der Waals surface area (Å²) < 4.78 is 1.54. The van der Waals surface area contributed by atoms with Gasteiger partial charge in [0.15, 0.2) is 5.69 Å². The summed E-state index contributed by atoms with van der Waals surface area (Å²) >= 11 is 0. The molecule has 1 aromatic heterocycles. The third-order valence-corrected chi connectivity index (χ3v) is 3.93. The van der Waals surface area contributed by atoms with Crippen molar-refractivity contribution in [1.82, 2.24) is 9.78 Å². The van der Waals surface area contributed by atoms with Crippen molar-refractivity contribution in [2.24, 2.45) is 0 Å². The summed E-state index contributed by atoms with van der Waals surface area (Å²) in [6, 6.07) is 9.40. The van der Waals surface area contributed by atoms with E-state index in [1.54, 1.807) is 0 Å². The summed E-state index contributed by atoms with van der Waals surface area (Å²) in [7, 11) is 0. The van der Waals surface area contributed by atoms with Crippen LogP contribution in [-0.2, 0) is 0 Å². The van der Waals surface area contributed by atoms with E-state index in [1.807, 2.05) is 30.3 Å². The van der Waals surface area contributed by atoms with E-state index >= 15 is 0 Å². The SMILES string of the molecule is Nc1c(C2CCCC2)c(C(=O)O)nn1-c1ccccc1. The molecular formula is C15H17N3O2. The molecule has 5 heteroatoms. The Hall–Kier alpha value is -2.30. The summed E-state index contributed by atoms with van der Waals surface area (Å²) in [5.41, 5.74) is 7.78. The molecule has 1 aliphatic rings. The molecule has 5 nitrogen and oxygen atoms in total. The molecule has 1 heterocycles. The molecule has 2 aromatic rings. The topological polar surface area (TPSA) is 81.1 Å². The normalized spacial score (nSPS) is 15.6. The zero-order valence-corrected chi connectivity index (χ0v) is 11.1. The van der Waals surface area contributed by atoms with Crippen LogP contribution in [-0.4, -0.2) is 20.9 Å². The number of carbonyl (C=O) groups is 1. The first-order chi connectivity index (χ1) is 9.68. The Morgan fingerprint density at radius 1 is 1.25 bits per heavy atom. The lowest BCUT2D eigenvalue weighted by Crippen LogP contribution is -2.05. The van der Waals surface area contributed by atoms with Crippen molar-refractivity contribution in [2.45, 2.75) is 31.6 Å². The molecule has 0 atom stereocenters. The standard InChI is InChI=1S/C15H17N3O2/c16-14-12(10-6-4-5-7-10)13(15(19)20)17-18(14)11-8-2-1-3-9-11/h1-3,8-10H,4-7,16H2,(H,19,20). The first-order valence-corrected chi connectivity index (χ1v) is 6.85. The number of carboxylic acid groups (broad SMARTS) is 1. The van der Waals surface area contributed by atoms with Crippen molar-refractivity contribution in [3.05, 3.63) is 41.6 Å². The molecule has 0 radical (unpaired) electrons. The van der Waals surface area contributed by atoms with Crippen molar-refractivity contribution in [2.75, 3.05) is 5.73 Å². The Morgan fingerprint density at radius 2 is 1.90 bits per heavy atom. The Bertz CT molecular complexity index is 628. The lowest BCUT2D eigenvalue weighted by atomic mass is 9.97. The number of aromatic nitrogens is 2. The lowest BCUT2D eigenvalue weighted by molar-refractivity contribution is 0.0688. The summed E-state index contributed by atoms with van der Waals surface area (Å²) in [6.45, 7) is 0. The fourth-order valence-electron chi connectivity index (χ4n) is 2.98. The second kappa shape index (κ2) is 5.00. The molecule has 0 unspecified atom stereocenters. The second-order valence-electron chi connectivity index (χ2n) is 5.18. The van der Waals surface area contributed by atoms with Gasteiger partial charge in [0.1, 0.15) is 5.82 Å². The van der Waals surface area contributed by atoms with Crippen molar-refractivity contribution in [1.29, 1.82) is 0 Å². The molecule has 0 spiro atoms. The number of hydrogen-bond acceptors (Lipinski definition) is 3. The van der Waals surface area contributed by atoms with Crippen LogP contribution in [0.25, 0.3) is 5.69 Å². The minimum absolute atomic E-state index is 0.0956. The molecule has 20 heavy (non-hydrogen) atoms. The largest absolute Gasteiger partial charge is 0.476 e. The van der Waals surface area contributed by atoms with Crippen molar-refractivity contribution >= 4 is 11.8 Å². The van der Waals surface area contributed by atoms with Crippen LogP contribution in [0.3, 0.4) is 0 Å². The van der Waals surface area contributed by atoms with Crippen LogP contribution in [0.4, 0.5) is 5.82 Å². The van der Waals surface area contributed by atoms with Crippen molar-refractivity contribution in [3.63, 3.8) is 0 Å². The zero-order chi connectivity index (χ0) is 14.1. The molecule has 1 fully saturated rings. The minimum Gasteiger partial charge on any atom is -0.476 e. The fraction of sp³-hybridized carbons (Fsp3) is 0.333. The number of nitrogens with zero attached hydrogens (tertiary/aromatic N) is 2. The zero-order valence-electron chi connectivity index (χ0n) is 11.1. The monoisotopic (exact) mass is 271 g/mol. The number of nitrogens with two attached hydrogens (primary N) is 1. The van der Waals surface area contributed by atoms with Crippen LogP contribution in [0.15, 0.2) is 30.3 Å². The fourth-order valence-corrected chi connectivity index (χ4v) is 2.98. The maximum Gasteiger partial charge on any atom is 0.356 e. The van der Waals surface area contributed by atoms with Gasteiger partial charge in [-0.25, -0.2) is 9.48 Å². The third-order valence-electron chi connectivity index (χ3n) is 3.93. The minimum atomic E-state index is -1.01. The second-order valence-corrected chi connectivity index (χ2v) is 5.18. The number of benzene rings is 1. The van der Waals surface area contributed by atoms with Crippen LogP contribution < -0.4 is 5.73 Å². The molecule has 0 amide bonds. The molecule has 3 N–H and O–H groups in total. The molecule has 3 rings (SSSR count). The maximum absolute atomic E-state index is 11.4. The Morgan fingerprint density at radius 3 is 2.50 bits per heavy atom. The van der Waals surface area contributed by atoms with E-state index in [9.17, 15) is 9.90 Å². The molecule has 0 aliphatic heterocycles. The van der Waals surface area contributed by atoms with Crippen LogP contribution >= 0.6 is 0 Å². The van der Waals surface area contributed by atoms with E-state index in [2.05, 4.69) is 5.10 Å². The summed E-state index contributed by atoms with van der Waals surface area (Å²) in [6.07, 6.45) is 4.23. The third kappa shape index (κ3) is 2.05. The highest BCUT2D eigenvalue weighted by atomic mass is 16.4. The van der Waals surface area contributed by atoms with E-state index in [0.717, 1.165) is 31.4 Å². The average molecular weight is 271 g/mol. The highest BCUT2D eigenvalue weighted by molar-refractivity contribution is 5.89. The highest BCUT2D eigenvalue weighted by Crippen LogP contribution is 2.39. The smallest absolute Gasteiger partial charge is 0.356 e. The number of rotatable bonds is 3. The van der Waals surface area contributed by atoms with Gasteiger partial charge in [-0.2, -0.15) is 5.10 Å². The van der Waals surface area contributed by atoms with Gasteiger partial charge in [-0.05, 0) is 30.9 Å². The predicted octanol–water partition coefficient (Wildman–Crippen LogP) is 2.81. The van der Waals surface area contributed by atoms with Crippen molar-refractivity contribution < 1.29 is 9.90 Å². The van der Waals surface area contributed by atoms with Crippen LogP contribution in [0.2, 0.25) is 0 Å². The van der Waals surface area contributed by atoms with Gasteiger partial charge >= 0.3 is 5.97 Å². The number of anilines is 1. The van der Waals surface area contributed by atoms with Gasteiger partial charge in [0.25, 0.3) is 0 Å². The van der Waals surface area contributed by atoms with E-state index < -0.39 is 5.97 Å².